The lowest BCUT2D eigenvalue weighted by Gasteiger charge is -2.30. The van der Waals surface area contributed by atoms with Crippen LogP contribution in [0.5, 0.6) is 0 Å². The number of hydrogen-bond donors (Lipinski definition) is 12. The van der Waals surface area contributed by atoms with Crippen molar-refractivity contribution >= 4 is 87.0 Å². The summed E-state index contributed by atoms with van der Waals surface area (Å²) >= 11 is 0.849. The third kappa shape index (κ3) is 20.1. The maximum Gasteiger partial charge on any atom is 0.481 e. The quantitative estimate of drug-likeness (QED) is 0.0351. The number of fused-ring (bicyclic) bond motifs is 1. The molecule has 0 bridgehead atoms. The molecule has 34 heteroatoms. The number of nitrogens with two attached hydrogens (primary N) is 1. The number of benzene rings is 1. The van der Waals surface area contributed by atoms with Crippen LogP contribution in [-0.2, 0) is 71.5 Å². The number of hydrogen-bond acceptors (Lipinski definition) is 21. The van der Waals surface area contributed by atoms with Crippen LogP contribution in [-0.4, -0.2) is 156 Å². The Morgan fingerprint density at radius 3 is 2.17 bits per heavy atom. The number of nitrogens with zero attached hydrogens (tertiary/aromatic N) is 4. The number of aliphatic hydroxyl groups is 2. The fourth-order valence-corrected chi connectivity index (χ4v) is 9.44. The van der Waals surface area contributed by atoms with Crippen LogP contribution in [0.3, 0.4) is 0 Å². The van der Waals surface area contributed by atoms with Gasteiger partial charge in [-0.1, -0.05) is 55.9 Å². The highest BCUT2D eigenvalue weighted by Crippen LogP contribution is 2.61. The number of aliphatic carboxylic acids is 3. The number of phosphoric acid groups is 3. The van der Waals surface area contributed by atoms with Crippen molar-refractivity contribution in [3.63, 3.8) is 0 Å². The molecule has 0 spiro atoms. The van der Waals surface area contributed by atoms with Crippen molar-refractivity contribution < 1.29 is 110 Å². The second kappa shape index (κ2) is 26.6. The highest BCUT2D eigenvalue weighted by molar-refractivity contribution is 8.13. The Hall–Kier alpha value is -4.81. The Bertz CT molecular complexity index is 2450. The summed E-state index contributed by atoms with van der Waals surface area (Å²) < 4.78 is 61.9. The van der Waals surface area contributed by atoms with Gasteiger partial charge < -0.3 is 66.2 Å². The van der Waals surface area contributed by atoms with Gasteiger partial charge in [0.1, 0.15) is 36.3 Å². The van der Waals surface area contributed by atoms with Crippen LogP contribution in [0.1, 0.15) is 51.3 Å². The van der Waals surface area contributed by atoms with Crippen molar-refractivity contribution in [2.45, 2.75) is 76.6 Å². The molecule has 1 aromatic carbocycles. The third-order valence-electron chi connectivity index (χ3n) is 9.40. The molecule has 2 unspecified atom stereocenters. The molecule has 0 radical (unpaired) electrons. The van der Waals surface area contributed by atoms with E-state index >= 15 is 0 Å². The fraction of sp³-hybridized carbons (Fsp3) is 0.528. The summed E-state index contributed by atoms with van der Waals surface area (Å²) in [6, 6.07) is 9.01. The zero-order valence-corrected chi connectivity index (χ0v) is 40.4. The number of thioether (sulfide) groups is 1. The number of ether oxygens (including phenoxy) is 1. The van der Waals surface area contributed by atoms with Crippen LogP contribution in [0.2, 0.25) is 0 Å². The Labute approximate surface area is 400 Å². The minimum absolute atomic E-state index is 0.0197. The van der Waals surface area contributed by atoms with E-state index in [-0.39, 0.29) is 73.0 Å². The summed E-state index contributed by atoms with van der Waals surface area (Å²) in [4.78, 5) is 119. The molecule has 0 saturated carbocycles. The normalized spacial score (nSPS) is 19.7. The summed E-state index contributed by atoms with van der Waals surface area (Å²) in [5.41, 5.74) is 5.04. The van der Waals surface area contributed by atoms with Gasteiger partial charge in [-0.05, 0) is 12.0 Å². The largest absolute Gasteiger partial charge is 0.481 e. The van der Waals surface area contributed by atoms with Crippen molar-refractivity contribution in [2.24, 2.45) is 11.3 Å². The number of phosphoric ester groups is 3. The van der Waals surface area contributed by atoms with Crippen LogP contribution in [0, 0.1) is 11.3 Å². The molecule has 2 aromatic heterocycles. The summed E-state index contributed by atoms with van der Waals surface area (Å²) in [5.74, 6) is -5.52. The number of nitrogen functional groups attached to an aromatic ring is 1. The number of amides is 2. The molecule has 30 nitrogen and oxygen atoms in total. The first-order chi connectivity index (χ1) is 32.5. The number of anilines is 1. The number of carbonyl (C=O) groups excluding carboxylic acids is 3. The molecule has 3 aromatic rings. The first kappa shape index (κ1) is 59.5. The number of carbonyl (C=O) groups is 6. The van der Waals surface area contributed by atoms with Gasteiger partial charge >= 0.3 is 41.4 Å². The maximum absolute atomic E-state index is 12.6. The molecule has 8 atom stereocenters. The minimum Gasteiger partial charge on any atom is -0.481 e. The smallest absolute Gasteiger partial charge is 0.481 e. The molecule has 2 amide bonds. The number of carboxylic acid groups (broad SMARTS) is 3. The Kier molecular flexibility index (Phi) is 22.6. The predicted octanol–water partition coefficient (Wildman–Crippen LogP) is -0.0659. The second-order valence-corrected chi connectivity index (χ2v) is 20.9. The number of rotatable bonds is 27. The maximum atomic E-state index is 12.6. The molecular formula is C36H52N7O23P3S. The molecule has 1 fully saturated rings. The molecule has 0 aliphatic carbocycles. The van der Waals surface area contributed by atoms with E-state index in [1.165, 1.54) is 13.8 Å². The first-order valence-electron chi connectivity index (χ1n) is 20.3. The first-order valence-corrected chi connectivity index (χ1v) is 25.8. The zero-order chi connectivity index (χ0) is 52.6. The van der Waals surface area contributed by atoms with Gasteiger partial charge in [0, 0.05) is 37.1 Å². The summed E-state index contributed by atoms with van der Waals surface area (Å²) in [5, 5.41) is 51.7. The van der Waals surface area contributed by atoms with E-state index in [9.17, 15) is 72.2 Å². The lowest BCUT2D eigenvalue weighted by atomic mass is 9.87. The van der Waals surface area contributed by atoms with Gasteiger partial charge in [-0.15, -0.1) is 0 Å². The molecule has 1 aliphatic heterocycles. The van der Waals surface area contributed by atoms with Crippen LogP contribution in [0.4, 0.5) is 5.82 Å². The van der Waals surface area contributed by atoms with Gasteiger partial charge in [-0.3, -0.25) is 46.9 Å². The summed E-state index contributed by atoms with van der Waals surface area (Å²) in [6.45, 7) is 0.213. The van der Waals surface area contributed by atoms with Crippen molar-refractivity contribution in [3.05, 3.63) is 48.5 Å². The van der Waals surface area contributed by atoms with Crippen molar-refractivity contribution in [2.75, 3.05) is 37.8 Å². The highest BCUT2D eigenvalue weighted by Gasteiger charge is 2.50. The van der Waals surface area contributed by atoms with E-state index < -0.39 is 108 Å². The number of nitrogens with one attached hydrogen (secondary N) is 2. The monoisotopic (exact) mass is 1080 g/mol. The average molecular weight is 1080 g/mol. The van der Waals surface area contributed by atoms with E-state index in [1.807, 2.05) is 6.07 Å². The predicted molar refractivity (Wildman–Crippen MR) is 237 cm³/mol. The topological polar surface area (TPSA) is 476 Å². The highest BCUT2D eigenvalue weighted by atomic mass is 32.2. The fourth-order valence-electron chi connectivity index (χ4n) is 5.93. The van der Waals surface area contributed by atoms with Gasteiger partial charge in [0.15, 0.2) is 22.8 Å². The second-order valence-electron chi connectivity index (χ2n) is 15.5. The van der Waals surface area contributed by atoms with Gasteiger partial charge in [-0.2, -0.15) is 4.31 Å². The van der Waals surface area contributed by atoms with Gasteiger partial charge in [0.25, 0.3) is 0 Å². The molecule has 1 aliphatic rings. The van der Waals surface area contributed by atoms with Crippen LogP contribution < -0.4 is 16.4 Å². The van der Waals surface area contributed by atoms with E-state index in [0.717, 1.165) is 34.5 Å². The standard InChI is InChI=1S/C25H40N7O19P3S.C11H12O4/c1-25(2,20(38)23(39)28-6-5-14(33)27-7-8-55-16(36)4-3-15(34)35)10-48-54(45,46)51-53(43,44)47-9-13-19(50-52(40,41)42)18(37)24(49-13)32-12-31-17-21(26)29-11-30-22(17)32;12-10(13)7-9(11(14)15)6-8-4-2-1-3-5-8/h11-13,18-20,24,37-38H,3-10H2,1-2H3,(H,27,33)(H,28,39)(H,34,35)(H,43,44)(H,45,46)(H2,26,29,30)(H2,40,41,42);1-5,9H,6-7H2,(H,12,13)(H,14,15)/t13-,18-,19-,20+,24-;9-/m11/s1. The molecule has 4 rings (SSSR count). The molecule has 13 N–H and O–H groups in total. The van der Waals surface area contributed by atoms with E-state index in [4.69, 9.17) is 34.8 Å². The lowest BCUT2D eigenvalue weighted by Crippen LogP contribution is -2.46. The van der Waals surface area contributed by atoms with Gasteiger partial charge in [-0.25, -0.2) is 28.6 Å². The average Bonchev–Trinajstić information content (AvgIpc) is 3.82. The molecule has 70 heavy (non-hydrogen) atoms. The van der Waals surface area contributed by atoms with Crippen molar-refractivity contribution in [1.82, 2.24) is 30.2 Å². The third-order valence-corrected chi connectivity index (χ3v) is 13.4. The van der Waals surface area contributed by atoms with Gasteiger partial charge in [0.05, 0.1) is 38.3 Å². The number of imidazole rings is 1. The number of aromatic nitrogens is 4. The zero-order valence-electron chi connectivity index (χ0n) is 36.9. The Morgan fingerprint density at radius 1 is 0.900 bits per heavy atom. The minimum atomic E-state index is -5.59. The molecular weight excluding hydrogens is 1020 g/mol. The van der Waals surface area contributed by atoms with Crippen LogP contribution in [0.25, 0.3) is 11.2 Å². The lowest BCUT2D eigenvalue weighted by molar-refractivity contribution is -0.148. The van der Waals surface area contributed by atoms with E-state index in [1.54, 1.807) is 24.3 Å². The van der Waals surface area contributed by atoms with Crippen LogP contribution >= 0.6 is 35.2 Å². The van der Waals surface area contributed by atoms with Crippen molar-refractivity contribution in [1.29, 1.82) is 0 Å². The molecule has 3 heterocycles. The van der Waals surface area contributed by atoms with E-state index in [0.29, 0.717) is 0 Å². The van der Waals surface area contributed by atoms with Crippen molar-refractivity contribution in [3.8, 4) is 0 Å². The molecule has 390 valence electrons. The van der Waals surface area contributed by atoms with Crippen LogP contribution in [0.15, 0.2) is 43.0 Å². The van der Waals surface area contributed by atoms with E-state index in [2.05, 4.69) is 34.4 Å². The molecule has 1 saturated heterocycles. The SMILES string of the molecule is CC(C)(COP(=O)(O)OP(=O)(O)OC[C@H]1O[C@@H](n2cnc3c(N)ncnc32)[C@H](O)[C@@H]1OP(=O)(O)O)[C@@H](O)C(=O)NCCC(=O)NCCSC(=O)CCC(=O)O.O=C(O)C[C@@H](Cc1ccccc1)C(=O)O. The Balaban J connectivity index is 0.000000733. The Morgan fingerprint density at radius 2 is 1.56 bits per heavy atom. The van der Waals surface area contributed by atoms with Gasteiger partial charge in [0.2, 0.25) is 11.8 Å². The number of aliphatic hydroxyl groups excluding tert-OH is 2. The summed E-state index contributed by atoms with van der Waals surface area (Å²) in [7, 11) is -16.4. The summed E-state index contributed by atoms with van der Waals surface area (Å²) in [6.07, 6.45) is -7.64. The number of carboxylic acids is 3.